The Labute approximate surface area is 159 Å². The fourth-order valence-corrected chi connectivity index (χ4v) is 2.71. The Bertz CT molecular complexity index is 765. The van der Waals surface area contributed by atoms with E-state index in [1.807, 2.05) is 25.2 Å². The number of ether oxygens (including phenoxy) is 1. The minimum atomic E-state index is -0.534. The number of nitro benzene ring substituents is 1. The van der Waals surface area contributed by atoms with E-state index < -0.39 is 4.92 Å². The standard InChI is InChI=1S/C20H25N3O4/c1-22(13-6-9-16-7-4-3-5-8-16)14-12-20(24)21-18-11-10-17(27-2)15-19(18)23(25)26/h3-5,7-8,10-11,15H,6,9,12-14H2,1-2H3,(H,21,24). The van der Waals surface area contributed by atoms with Crippen LogP contribution in [-0.2, 0) is 11.2 Å². The predicted octanol–water partition coefficient (Wildman–Crippen LogP) is 3.50. The van der Waals surface area contributed by atoms with Crippen LogP contribution in [0.5, 0.6) is 5.75 Å². The van der Waals surface area contributed by atoms with Crippen LogP contribution in [0.2, 0.25) is 0 Å². The Kier molecular flexibility index (Phi) is 7.76. The van der Waals surface area contributed by atoms with Crippen molar-refractivity contribution < 1.29 is 14.5 Å². The van der Waals surface area contributed by atoms with Gasteiger partial charge in [0.2, 0.25) is 5.91 Å². The number of hydrogen-bond donors (Lipinski definition) is 1. The van der Waals surface area contributed by atoms with Gasteiger partial charge in [-0.1, -0.05) is 30.3 Å². The first-order chi connectivity index (χ1) is 13.0. The summed E-state index contributed by atoms with van der Waals surface area (Å²) in [7, 11) is 3.40. The van der Waals surface area contributed by atoms with Gasteiger partial charge in [-0.15, -0.1) is 0 Å². The number of benzene rings is 2. The van der Waals surface area contributed by atoms with E-state index in [-0.39, 0.29) is 23.7 Å². The average molecular weight is 371 g/mol. The molecular formula is C20H25N3O4. The molecule has 0 heterocycles. The van der Waals surface area contributed by atoms with E-state index in [4.69, 9.17) is 4.74 Å². The van der Waals surface area contributed by atoms with Crippen molar-refractivity contribution in [2.45, 2.75) is 19.3 Å². The number of hydrogen-bond acceptors (Lipinski definition) is 5. The molecule has 27 heavy (non-hydrogen) atoms. The van der Waals surface area contributed by atoms with Crippen molar-refractivity contribution in [3.63, 3.8) is 0 Å². The number of rotatable bonds is 10. The topological polar surface area (TPSA) is 84.7 Å². The van der Waals surface area contributed by atoms with Crippen molar-refractivity contribution in [3.05, 3.63) is 64.2 Å². The fraction of sp³-hybridized carbons (Fsp3) is 0.350. The van der Waals surface area contributed by atoms with E-state index in [0.717, 1.165) is 19.4 Å². The first-order valence-corrected chi connectivity index (χ1v) is 8.84. The third-order valence-electron chi connectivity index (χ3n) is 4.24. The molecule has 0 saturated carbocycles. The molecule has 0 saturated heterocycles. The molecule has 1 amide bonds. The molecule has 2 aromatic rings. The van der Waals surface area contributed by atoms with Gasteiger partial charge < -0.3 is 15.0 Å². The van der Waals surface area contributed by atoms with Crippen LogP contribution in [0.25, 0.3) is 0 Å². The Balaban J connectivity index is 1.78. The van der Waals surface area contributed by atoms with Crippen molar-refractivity contribution in [1.29, 1.82) is 0 Å². The Morgan fingerprint density at radius 2 is 1.93 bits per heavy atom. The number of amides is 1. The van der Waals surface area contributed by atoms with E-state index in [0.29, 0.717) is 12.3 Å². The SMILES string of the molecule is COc1ccc(NC(=O)CCN(C)CCCc2ccccc2)c([N+](=O)[O-])c1. The second-order valence-corrected chi connectivity index (χ2v) is 6.33. The van der Waals surface area contributed by atoms with Crippen LogP contribution in [0.4, 0.5) is 11.4 Å². The molecule has 0 fully saturated rings. The number of nitrogens with zero attached hydrogens (tertiary/aromatic N) is 2. The molecule has 0 aromatic heterocycles. The number of nitro groups is 1. The lowest BCUT2D eigenvalue weighted by molar-refractivity contribution is -0.384. The summed E-state index contributed by atoms with van der Waals surface area (Å²) < 4.78 is 4.99. The summed E-state index contributed by atoms with van der Waals surface area (Å²) in [5, 5.41) is 13.8. The molecule has 2 aromatic carbocycles. The van der Waals surface area contributed by atoms with E-state index >= 15 is 0 Å². The van der Waals surface area contributed by atoms with Crippen LogP contribution in [0.1, 0.15) is 18.4 Å². The molecule has 1 N–H and O–H groups in total. The normalized spacial score (nSPS) is 10.6. The number of carbonyl (C=O) groups excluding carboxylic acids is 1. The summed E-state index contributed by atoms with van der Waals surface area (Å²) in [5.74, 6) is 0.121. The number of nitrogens with one attached hydrogen (secondary N) is 1. The van der Waals surface area contributed by atoms with Gasteiger partial charge in [0.25, 0.3) is 5.69 Å². The highest BCUT2D eigenvalue weighted by Gasteiger charge is 2.17. The summed E-state index contributed by atoms with van der Waals surface area (Å²) in [4.78, 5) is 24.9. The molecule has 0 aliphatic carbocycles. The zero-order chi connectivity index (χ0) is 19.6. The summed E-state index contributed by atoms with van der Waals surface area (Å²) in [6.07, 6.45) is 2.27. The van der Waals surface area contributed by atoms with Gasteiger partial charge in [-0.05, 0) is 44.1 Å². The minimum absolute atomic E-state index is 0.178. The third-order valence-corrected chi connectivity index (χ3v) is 4.24. The van der Waals surface area contributed by atoms with Crippen molar-refractivity contribution in [1.82, 2.24) is 4.90 Å². The van der Waals surface area contributed by atoms with Gasteiger partial charge in [-0.3, -0.25) is 14.9 Å². The van der Waals surface area contributed by atoms with Crippen molar-refractivity contribution in [2.75, 3.05) is 32.6 Å². The first-order valence-electron chi connectivity index (χ1n) is 8.84. The molecule has 7 nitrogen and oxygen atoms in total. The molecule has 7 heteroatoms. The summed E-state index contributed by atoms with van der Waals surface area (Å²) >= 11 is 0. The number of carbonyl (C=O) groups is 1. The third kappa shape index (κ3) is 6.71. The lowest BCUT2D eigenvalue weighted by atomic mass is 10.1. The Morgan fingerprint density at radius 3 is 2.59 bits per heavy atom. The van der Waals surface area contributed by atoms with E-state index in [2.05, 4.69) is 22.3 Å². The minimum Gasteiger partial charge on any atom is -0.496 e. The molecular weight excluding hydrogens is 346 g/mol. The molecule has 2 rings (SSSR count). The quantitative estimate of drug-likeness (QED) is 0.510. The van der Waals surface area contributed by atoms with Crippen LogP contribution in [-0.4, -0.2) is 43.0 Å². The van der Waals surface area contributed by atoms with Gasteiger partial charge in [0.15, 0.2) is 0 Å². The maximum atomic E-state index is 12.1. The van der Waals surface area contributed by atoms with Crippen LogP contribution in [0.15, 0.2) is 48.5 Å². The lowest BCUT2D eigenvalue weighted by Crippen LogP contribution is -2.25. The van der Waals surface area contributed by atoms with Gasteiger partial charge in [-0.25, -0.2) is 0 Å². The Hall–Kier alpha value is -2.93. The number of methoxy groups -OCH3 is 1. The molecule has 0 aliphatic rings. The molecule has 0 atom stereocenters. The highest BCUT2D eigenvalue weighted by molar-refractivity contribution is 5.93. The van der Waals surface area contributed by atoms with E-state index in [1.54, 1.807) is 6.07 Å². The second kappa shape index (κ2) is 10.3. The van der Waals surface area contributed by atoms with Gasteiger partial charge in [0.05, 0.1) is 18.1 Å². The number of anilines is 1. The zero-order valence-corrected chi connectivity index (χ0v) is 15.7. The average Bonchev–Trinajstić information content (AvgIpc) is 2.67. The molecule has 0 aliphatic heterocycles. The summed E-state index contributed by atoms with van der Waals surface area (Å²) in [6, 6.07) is 14.6. The predicted molar refractivity (Wildman–Crippen MR) is 105 cm³/mol. The van der Waals surface area contributed by atoms with Crippen LogP contribution < -0.4 is 10.1 Å². The second-order valence-electron chi connectivity index (χ2n) is 6.33. The van der Waals surface area contributed by atoms with Crippen LogP contribution in [0, 0.1) is 10.1 Å². The molecule has 0 bridgehead atoms. The Morgan fingerprint density at radius 1 is 1.19 bits per heavy atom. The smallest absolute Gasteiger partial charge is 0.296 e. The van der Waals surface area contributed by atoms with Crippen molar-refractivity contribution in [3.8, 4) is 5.75 Å². The van der Waals surface area contributed by atoms with Crippen molar-refractivity contribution in [2.24, 2.45) is 0 Å². The van der Waals surface area contributed by atoms with Crippen LogP contribution >= 0.6 is 0 Å². The number of aryl methyl sites for hydroxylation is 1. The van der Waals surface area contributed by atoms with Gasteiger partial charge in [0.1, 0.15) is 11.4 Å². The lowest BCUT2D eigenvalue weighted by Gasteiger charge is -2.16. The summed E-state index contributed by atoms with van der Waals surface area (Å²) in [6.45, 7) is 1.47. The molecule has 144 valence electrons. The highest BCUT2D eigenvalue weighted by Crippen LogP contribution is 2.28. The highest BCUT2D eigenvalue weighted by atomic mass is 16.6. The molecule has 0 spiro atoms. The molecule has 0 radical (unpaired) electrons. The van der Waals surface area contributed by atoms with Crippen LogP contribution in [0.3, 0.4) is 0 Å². The molecule has 0 unspecified atom stereocenters. The van der Waals surface area contributed by atoms with Crippen molar-refractivity contribution >= 4 is 17.3 Å². The maximum absolute atomic E-state index is 12.1. The maximum Gasteiger partial charge on any atom is 0.296 e. The van der Waals surface area contributed by atoms with Gasteiger partial charge in [0, 0.05) is 13.0 Å². The largest absolute Gasteiger partial charge is 0.496 e. The first kappa shape index (κ1) is 20.4. The van der Waals surface area contributed by atoms with Gasteiger partial charge in [-0.2, -0.15) is 0 Å². The van der Waals surface area contributed by atoms with E-state index in [1.165, 1.54) is 24.8 Å². The fourth-order valence-electron chi connectivity index (χ4n) is 2.71. The monoisotopic (exact) mass is 371 g/mol. The van der Waals surface area contributed by atoms with E-state index in [9.17, 15) is 14.9 Å². The zero-order valence-electron chi connectivity index (χ0n) is 15.7. The van der Waals surface area contributed by atoms with Gasteiger partial charge >= 0.3 is 0 Å². The summed E-state index contributed by atoms with van der Waals surface area (Å²) in [5.41, 5.74) is 1.30.